The lowest BCUT2D eigenvalue weighted by Crippen LogP contribution is -2.58. The van der Waals surface area contributed by atoms with Crippen molar-refractivity contribution >= 4 is 35.3 Å². The summed E-state index contributed by atoms with van der Waals surface area (Å²) in [4.78, 5) is 43.1. The number of nitrogens with zero attached hydrogens (tertiary/aromatic N) is 2. The summed E-state index contributed by atoms with van der Waals surface area (Å²) in [5.41, 5.74) is 7.34. The van der Waals surface area contributed by atoms with Crippen LogP contribution in [0.5, 0.6) is 0 Å². The van der Waals surface area contributed by atoms with Crippen LogP contribution < -0.4 is 16.7 Å². The number of amides is 2. The molecule has 0 bridgehead atoms. The number of rotatable bonds is 8. The summed E-state index contributed by atoms with van der Waals surface area (Å²) in [6, 6.07) is 16.4. The molecule has 3 aromatic rings. The van der Waals surface area contributed by atoms with Crippen molar-refractivity contribution in [1.82, 2.24) is 19.8 Å². The molecule has 0 radical (unpaired) electrons. The molecule has 36 heavy (non-hydrogen) atoms. The van der Waals surface area contributed by atoms with Gasteiger partial charge in [-0.25, -0.2) is 4.79 Å². The average molecular weight is 516 g/mol. The number of fused-ring (bicyclic) bond motifs is 1. The van der Waals surface area contributed by atoms with E-state index in [1.807, 2.05) is 54.6 Å². The highest BCUT2D eigenvalue weighted by Gasteiger charge is 2.33. The van der Waals surface area contributed by atoms with E-state index in [2.05, 4.69) is 10.3 Å². The first-order valence-electron chi connectivity index (χ1n) is 11.9. The number of carbonyl (C=O) groups is 2. The van der Waals surface area contributed by atoms with Crippen molar-refractivity contribution in [3.63, 3.8) is 0 Å². The van der Waals surface area contributed by atoms with Crippen molar-refractivity contribution in [1.29, 1.82) is 0 Å². The molecule has 194 valence electrons. The number of aromatic nitrogens is 2. The maximum Gasteiger partial charge on any atom is 0.326 e. The van der Waals surface area contributed by atoms with Crippen molar-refractivity contribution in [2.75, 3.05) is 19.7 Å². The fraction of sp³-hybridized carbons (Fsp3) is 0.423. The second kappa shape index (κ2) is 11.7. The molecule has 1 aliphatic heterocycles. The van der Waals surface area contributed by atoms with Gasteiger partial charge in [-0.2, -0.15) is 0 Å². The Morgan fingerprint density at radius 1 is 1.11 bits per heavy atom. The van der Waals surface area contributed by atoms with Gasteiger partial charge in [-0.15, -0.1) is 12.4 Å². The fourth-order valence-electron chi connectivity index (χ4n) is 4.39. The van der Waals surface area contributed by atoms with E-state index in [9.17, 15) is 14.4 Å². The van der Waals surface area contributed by atoms with Crippen molar-refractivity contribution in [3.8, 4) is 0 Å². The van der Waals surface area contributed by atoms with Gasteiger partial charge in [0.05, 0.1) is 29.8 Å². The second-order valence-corrected chi connectivity index (χ2v) is 9.62. The van der Waals surface area contributed by atoms with Gasteiger partial charge in [-0.1, -0.05) is 42.5 Å². The number of hydrogen-bond donors (Lipinski definition) is 3. The monoisotopic (exact) mass is 515 g/mol. The molecular formula is C26H34ClN5O4. The third-order valence-electron chi connectivity index (χ3n) is 6.35. The Morgan fingerprint density at radius 2 is 1.75 bits per heavy atom. The van der Waals surface area contributed by atoms with Crippen LogP contribution in [0.2, 0.25) is 0 Å². The van der Waals surface area contributed by atoms with Gasteiger partial charge in [0, 0.05) is 19.1 Å². The molecule has 0 spiro atoms. The van der Waals surface area contributed by atoms with Gasteiger partial charge >= 0.3 is 5.69 Å². The minimum absolute atomic E-state index is 0. The first-order chi connectivity index (χ1) is 16.7. The van der Waals surface area contributed by atoms with E-state index in [1.165, 1.54) is 0 Å². The minimum atomic E-state index is -1.12. The van der Waals surface area contributed by atoms with Crippen molar-refractivity contribution in [2.45, 2.75) is 50.9 Å². The SMILES string of the molecule is CC(C)(N)C(=O)NC(COCc1ccccc1)C(=O)N1CCC(n2c(=O)[nH]c3ccccc32)CC1.Cl. The van der Waals surface area contributed by atoms with Crippen molar-refractivity contribution < 1.29 is 14.3 Å². The summed E-state index contributed by atoms with van der Waals surface area (Å²) in [6.07, 6.45) is 1.28. The van der Waals surface area contributed by atoms with Gasteiger partial charge < -0.3 is 25.7 Å². The number of carbonyl (C=O) groups excluding carboxylic acids is 2. The van der Waals surface area contributed by atoms with Crippen LogP contribution in [0.3, 0.4) is 0 Å². The van der Waals surface area contributed by atoms with Crippen LogP contribution in [0.1, 0.15) is 38.3 Å². The Labute approximate surface area is 216 Å². The second-order valence-electron chi connectivity index (χ2n) is 9.62. The predicted molar refractivity (Wildman–Crippen MR) is 141 cm³/mol. The zero-order valence-electron chi connectivity index (χ0n) is 20.6. The molecule has 2 aromatic carbocycles. The first kappa shape index (κ1) is 27.4. The number of nitrogens with one attached hydrogen (secondary N) is 2. The summed E-state index contributed by atoms with van der Waals surface area (Å²) in [7, 11) is 0. The molecule has 4 N–H and O–H groups in total. The highest BCUT2D eigenvalue weighted by atomic mass is 35.5. The predicted octanol–water partition coefficient (Wildman–Crippen LogP) is 2.35. The molecule has 2 heterocycles. The lowest BCUT2D eigenvalue weighted by Gasteiger charge is -2.35. The van der Waals surface area contributed by atoms with E-state index >= 15 is 0 Å². The van der Waals surface area contributed by atoms with Crippen LogP contribution in [0, 0.1) is 0 Å². The number of ether oxygens (including phenoxy) is 1. The number of aromatic amines is 1. The Kier molecular flexibility index (Phi) is 8.94. The molecule has 2 amide bonds. The van der Waals surface area contributed by atoms with E-state index in [-0.39, 0.29) is 36.7 Å². The first-order valence-corrected chi connectivity index (χ1v) is 11.9. The van der Waals surface area contributed by atoms with Crippen molar-refractivity contribution in [2.24, 2.45) is 5.73 Å². The molecule has 1 atom stereocenters. The zero-order valence-corrected chi connectivity index (χ0v) is 21.4. The molecular weight excluding hydrogens is 482 g/mol. The quantitative estimate of drug-likeness (QED) is 0.425. The van der Waals surface area contributed by atoms with Gasteiger partial charge in [-0.05, 0) is 44.4 Å². The number of H-pyrrole nitrogens is 1. The number of para-hydroxylation sites is 2. The molecule has 10 heteroatoms. The Morgan fingerprint density at radius 3 is 2.42 bits per heavy atom. The highest BCUT2D eigenvalue weighted by Crippen LogP contribution is 2.25. The Hall–Kier alpha value is -3.14. The summed E-state index contributed by atoms with van der Waals surface area (Å²) in [6.45, 7) is 4.52. The lowest BCUT2D eigenvalue weighted by atomic mass is 10.0. The number of nitrogens with two attached hydrogens (primary N) is 1. The summed E-state index contributed by atoms with van der Waals surface area (Å²) in [5, 5.41) is 2.77. The van der Waals surface area contributed by atoms with E-state index in [0.29, 0.717) is 32.5 Å². The van der Waals surface area contributed by atoms with Crippen molar-refractivity contribution in [3.05, 3.63) is 70.6 Å². The molecule has 0 aliphatic carbocycles. The minimum Gasteiger partial charge on any atom is -0.374 e. The van der Waals surface area contributed by atoms with Crippen LogP contribution in [0.25, 0.3) is 11.0 Å². The standard InChI is InChI=1S/C26H33N5O4.ClH/c1-26(2,27)24(33)28-21(17-35-16-18-8-4-3-5-9-18)23(32)30-14-12-19(13-15-30)31-22-11-7-6-10-20(22)29-25(31)34;/h3-11,19,21H,12-17,27H2,1-2H3,(H,28,33)(H,29,34);1H. The third kappa shape index (κ3) is 6.34. The number of piperidine rings is 1. The summed E-state index contributed by atoms with van der Waals surface area (Å²) in [5.74, 6) is -0.625. The van der Waals surface area contributed by atoms with Crippen LogP contribution in [-0.4, -0.2) is 57.5 Å². The highest BCUT2D eigenvalue weighted by molar-refractivity contribution is 5.91. The number of likely N-dealkylation sites (tertiary alicyclic amines) is 1. The maximum atomic E-state index is 13.4. The molecule has 1 unspecified atom stereocenters. The molecule has 0 saturated carbocycles. The molecule has 1 aromatic heterocycles. The number of hydrogen-bond acceptors (Lipinski definition) is 5. The zero-order chi connectivity index (χ0) is 25.0. The Bertz CT molecular complexity index is 1230. The third-order valence-corrected chi connectivity index (χ3v) is 6.35. The van der Waals surface area contributed by atoms with Gasteiger partial charge in [0.15, 0.2) is 0 Å². The molecule has 9 nitrogen and oxygen atoms in total. The van der Waals surface area contributed by atoms with Gasteiger partial charge in [0.25, 0.3) is 0 Å². The fourth-order valence-corrected chi connectivity index (χ4v) is 4.39. The largest absolute Gasteiger partial charge is 0.374 e. The van der Waals surface area contributed by atoms with E-state index in [1.54, 1.807) is 23.3 Å². The smallest absolute Gasteiger partial charge is 0.326 e. The summed E-state index contributed by atoms with van der Waals surface area (Å²) < 4.78 is 7.59. The number of halogens is 1. The van der Waals surface area contributed by atoms with Gasteiger partial charge in [0.1, 0.15) is 6.04 Å². The maximum absolute atomic E-state index is 13.4. The molecule has 1 saturated heterocycles. The lowest BCUT2D eigenvalue weighted by molar-refractivity contribution is -0.140. The van der Waals surface area contributed by atoms with Gasteiger partial charge in [-0.3, -0.25) is 14.2 Å². The summed E-state index contributed by atoms with van der Waals surface area (Å²) >= 11 is 0. The van der Waals surface area contributed by atoms with E-state index in [4.69, 9.17) is 10.5 Å². The van der Waals surface area contributed by atoms with Gasteiger partial charge in [0.2, 0.25) is 11.8 Å². The number of benzene rings is 2. The molecule has 1 aliphatic rings. The molecule has 1 fully saturated rings. The normalized spacial score (nSPS) is 15.4. The molecule has 4 rings (SSSR count). The van der Waals surface area contributed by atoms with Crippen LogP contribution in [0.4, 0.5) is 0 Å². The average Bonchev–Trinajstić information content (AvgIpc) is 3.18. The Balaban J connectivity index is 0.00000361. The van der Waals surface area contributed by atoms with Crippen LogP contribution >= 0.6 is 12.4 Å². The van der Waals surface area contributed by atoms with E-state index in [0.717, 1.165) is 16.6 Å². The number of imidazole rings is 1. The van der Waals surface area contributed by atoms with E-state index < -0.39 is 17.5 Å². The topological polar surface area (TPSA) is 122 Å². The van der Waals surface area contributed by atoms with Crippen LogP contribution in [0.15, 0.2) is 59.4 Å². The van der Waals surface area contributed by atoms with Crippen LogP contribution in [-0.2, 0) is 20.9 Å².